The quantitative estimate of drug-likeness (QED) is 0.323. The molecule has 0 aliphatic rings. The molecule has 1 rings (SSSR count). The summed E-state index contributed by atoms with van der Waals surface area (Å²) in [5, 5.41) is 22.2. The van der Waals surface area contributed by atoms with Crippen molar-refractivity contribution in [3.63, 3.8) is 0 Å². The van der Waals surface area contributed by atoms with E-state index in [2.05, 4.69) is 13.2 Å². The third kappa shape index (κ3) is 3.67. The van der Waals surface area contributed by atoms with E-state index in [1.165, 1.54) is 12.2 Å². The van der Waals surface area contributed by atoms with Crippen LogP contribution in [0.15, 0.2) is 31.4 Å². The van der Waals surface area contributed by atoms with Crippen molar-refractivity contribution in [2.75, 3.05) is 18.0 Å². The van der Waals surface area contributed by atoms with E-state index in [1.807, 2.05) is 0 Å². The van der Waals surface area contributed by atoms with Gasteiger partial charge in [0, 0.05) is 19.2 Å². The summed E-state index contributed by atoms with van der Waals surface area (Å²) in [7, 11) is 0. The fourth-order valence-electron chi connectivity index (χ4n) is 2.01. The van der Waals surface area contributed by atoms with Crippen molar-refractivity contribution in [3.8, 4) is 0 Å². The summed E-state index contributed by atoms with van der Waals surface area (Å²) in [4.78, 5) is 20.5. The van der Waals surface area contributed by atoms with Gasteiger partial charge in [0.25, 0.3) is 0 Å². The number of hydrogen-bond donors (Lipinski definition) is 0. The van der Waals surface area contributed by atoms with E-state index in [9.17, 15) is 37.8 Å². The third-order valence-electron chi connectivity index (χ3n) is 2.89. The van der Waals surface area contributed by atoms with Gasteiger partial charge >= 0.3 is 17.6 Å². The van der Waals surface area contributed by atoms with Crippen LogP contribution in [0.2, 0.25) is 0 Å². The normalized spacial score (nSPS) is 11.0. The van der Waals surface area contributed by atoms with Gasteiger partial charge in [-0.05, 0) is 0 Å². The predicted molar refractivity (Wildman–Crippen MR) is 77.3 cm³/mol. The molecule has 0 fully saturated rings. The van der Waals surface area contributed by atoms with Gasteiger partial charge in [0.05, 0.1) is 9.85 Å². The van der Waals surface area contributed by atoms with E-state index in [0.717, 1.165) is 4.90 Å². The molecule has 0 bridgehead atoms. The lowest BCUT2D eigenvalue weighted by atomic mass is 10.1. The molecule has 0 atom stereocenters. The topological polar surface area (TPSA) is 89.5 Å². The van der Waals surface area contributed by atoms with E-state index in [4.69, 9.17) is 0 Å². The maximum Gasteiger partial charge on any atom is 0.419 e. The summed E-state index contributed by atoms with van der Waals surface area (Å²) in [6, 6.07) is -0.0587. The van der Waals surface area contributed by atoms with Crippen LogP contribution in [0.5, 0.6) is 0 Å². The van der Waals surface area contributed by atoms with Crippen molar-refractivity contribution in [1.29, 1.82) is 0 Å². The van der Waals surface area contributed by atoms with Crippen molar-refractivity contribution < 1.29 is 27.4 Å². The molecule has 1 aromatic rings. The Bertz CT molecular complexity index is 693. The Hall–Kier alpha value is -2.98. The van der Waals surface area contributed by atoms with Crippen molar-refractivity contribution in [2.24, 2.45) is 0 Å². The van der Waals surface area contributed by atoms with Crippen LogP contribution in [0.4, 0.5) is 34.6 Å². The third-order valence-corrected chi connectivity index (χ3v) is 2.89. The van der Waals surface area contributed by atoms with E-state index >= 15 is 0 Å². The minimum Gasteiger partial charge on any atom is -0.353 e. The largest absolute Gasteiger partial charge is 0.419 e. The molecule has 0 aromatic heterocycles. The highest BCUT2D eigenvalue weighted by Crippen LogP contribution is 2.45. The Labute approximate surface area is 132 Å². The van der Waals surface area contributed by atoms with Crippen LogP contribution in [-0.2, 0) is 6.18 Å². The van der Waals surface area contributed by atoms with Gasteiger partial charge in [0.1, 0.15) is 5.56 Å². The number of halogens is 4. The summed E-state index contributed by atoms with van der Waals surface area (Å²) in [5.41, 5.74) is -5.82. The Morgan fingerprint density at radius 2 is 1.62 bits per heavy atom. The second-order valence-electron chi connectivity index (χ2n) is 4.45. The summed E-state index contributed by atoms with van der Waals surface area (Å²) in [5.74, 6) is -2.19. The fraction of sp³-hybridized carbons (Fsp3) is 0.231. The molecule has 0 saturated carbocycles. The minimum atomic E-state index is -5.33. The average Bonchev–Trinajstić information content (AvgIpc) is 2.44. The van der Waals surface area contributed by atoms with Crippen LogP contribution < -0.4 is 4.90 Å². The summed E-state index contributed by atoms with van der Waals surface area (Å²) >= 11 is 0. The van der Waals surface area contributed by atoms with Gasteiger partial charge in [-0.15, -0.1) is 13.2 Å². The summed E-state index contributed by atoms with van der Waals surface area (Å²) < 4.78 is 52.6. The van der Waals surface area contributed by atoms with Crippen LogP contribution >= 0.6 is 0 Å². The van der Waals surface area contributed by atoms with Crippen LogP contribution in [0.1, 0.15) is 5.56 Å². The zero-order chi connectivity index (χ0) is 18.7. The van der Waals surface area contributed by atoms with Gasteiger partial charge in [0.2, 0.25) is 5.82 Å². The fourth-order valence-corrected chi connectivity index (χ4v) is 2.01. The smallest absolute Gasteiger partial charge is 0.353 e. The molecule has 1 aromatic carbocycles. The van der Waals surface area contributed by atoms with Crippen molar-refractivity contribution in [2.45, 2.75) is 6.18 Å². The lowest BCUT2D eigenvalue weighted by Crippen LogP contribution is -2.26. The van der Waals surface area contributed by atoms with Gasteiger partial charge in [-0.25, -0.2) is 0 Å². The highest BCUT2D eigenvalue weighted by atomic mass is 19.4. The summed E-state index contributed by atoms with van der Waals surface area (Å²) in [6.45, 7) is 6.27. The first-order chi connectivity index (χ1) is 11.1. The molecule has 0 saturated heterocycles. The van der Waals surface area contributed by atoms with Crippen LogP contribution in [0.25, 0.3) is 0 Å². The Balaban J connectivity index is 3.93. The second kappa shape index (κ2) is 7.06. The Morgan fingerprint density at radius 1 is 1.12 bits per heavy atom. The van der Waals surface area contributed by atoms with Crippen molar-refractivity contribution in [3.05, 3.63) is 63.0 Å². The minimum absolute atomic E-state index is 0.0587. The predicted octanol–water partition coefficient (Wildman–Crippen LogP) is 3.84. The number of nitrogens with zero attached hydrogens (tertiary/aromatic N) is 3. The lowest BCUT2D eigenvalue weighted by molar-refractivity contribution is -0.394. The molecular weight excluding hydrogens is 338 g/mol. The molecule has 130 valence electrons. The SMILES string of the molecule is C=CCN(CC=C)c1c([N+](=O)[O-])cc(C(F)(F)F)c(F)c1[N+](=O)[O-]. The molecule has 0 aliphatic carbocycles. The molecule has 0 N–H and O–H groups in total. The molecule has 0 spiro atoms. The molecule has 11 heteroatoms. The molecule has 0 aliphatic heterocycles. The highest BCUT2D eigenvalue weighted by Gasteiger charge is 2.44. The first kappa shape index (κ1) is 19.1. The van der Waals surface area contributed by atoms with E-state index in [-0.39, 0.29) is 19.2 Å². The number of nitro benzene ring substituents is 2. The lowest BCUT2D eigenvalue weighted by Gasteiger charge is -2.22. The maximum absolute atomic E-state index is 14.1. The molecule has 0 unspecified atom stereocenters. The molecule has 7 nitrogen and oxygen atoms in total. The van der Waals surface area contributed by atoms with Crippen LogP contribution in [0.3, 0.4) is 0 Å². The Morgan fingerprint density at radius 3 is 1.96 bits per heavy atom. The standard InChI is InChI=1S/C13H11F4N3O4/c1-3-5-18(6-4-2)11-9(19(21)22)7-8(13(15,16)17)10(14)12(11)20(23)24/h3-4,7H,1-2,5-6H2. The van der Waals surface area contributed by atoms with Gasteiger partial charge in [-0.3, -0.25) is 20.2 Å². The van der Waals surface area contributed by atoms with Gasteiger partial charge in [-0.1, -0.05) is 12.2 Å². The van der Waals surface area contributed by atoms with Crippen LogP contribution in [-0.4, -0.2) is 22.9 Å². The zero-order valence-corrected chi connectivity index (χ0v) is 12.0. The van der Waals surface area contributed by atoms with Crippen LogP contribution in [0, 0.1) is 26.0 Å². The second-order valence-corrected chi connectivity index (χ2v) is 4.45. The summed E-state index contributed by atoms with van der Waals surface area (Å²) in [6.07, 6.45) is -2.93. The first-order valence-corrected chi connectivity index (χ1v) is 6.25. The van der Waals surface area contributed by atoms with Crippen molar-refractivity contribution in [1.82, 2.24) is 0 Å². The molecular formula is C13H11F4N3O4. The van der Waals surface area contributed by atoms with E-state index < -0.39 is 44.5 Å². The van der Waals surface area contributed by atoms with Gasteiger partial charge in [-0.2, -0.15) is 17.6 Å². The number of benzene rings is 1. The maximum atomic E-state index is 14.1. The highest BCUT2D eigenvalue weighted by molar-refractivity contribution is 5.77. The average molecular weight is 349 g/mol. The molecule has 0 amide bonds. The Kier molecular flexibility index (Phi) is 5.61. The first-order valence-electron chi connectivity index (χ1n) is 6.25. The molecule has 0 radical (unpaired) electrons. The van der Waals surface area contributed by atoms with Crippen molar-refractivity contribution >= 4 is 17.1 Å². The number of nitro groups is 2. The van der Waals surface area contributed by atoms with Gasteiger partial charge < -0.3 is 4.90 Å². The zero-order valence-electron chi connectivity index (χ0n) is 12.0. The number of hydrogen-bond acceptors (Lipinski definition) is 5. The monoisotopic (exact) mass is 349 g/mol. The van der Waals surface area contributed by atoms with Gasteiger partial charge in [0.15, 0.2) is 5.69 Å². The molecule has 24 heavy (non-hydrogen) atoms. The molecule has 0 heterocycles. The number of anilines is 1. The number of alkyl halides is 3. The number of rotatable bonds is 7. The van der Waals surface area contributed by atoms with E-state index in [0.29, 0.717) is 0 Å². The van der Waals surface area contributed by atoms with E-state index in [1.54, 1.807) is 0 Å².